The van der Waals surface area contributed by atoms with Gasteiger partial charge in [-0.05, 0) is 34.1 Å². The van der Waals surface area contributed by atoms with Crippen LogP contribution in [0.1, 0.15) is 18.4 Å². The Bertz CT molecular complexity index is 840. The fourth-order valence-electron chi connectivity index (χ4n) is 1.96. The molecule has 2 aromatic rings. The topological polar surface area (TPSA) is 114 Å². The molecule has 0 spiro atoms. The third-order valence-electron chi connectivity index (χ3n) is 3.21. The second kappa shape index (κ2) is 9.42. The predicted molar refractivity (Wildman–Crippen MR) is 101 cm³/mol. The van der Waals surface area contributed by atoms with Crippen molar-refractivity contribution in [2.75, 3.05) is 5.32 Å². The quantitative estimate of drug-likeness (QED) is 0.408. The summed E-state index contributed by atoms with van der Waals surface area (Å²) in [7, 11) is 0. The van der Waals surface area contributed by atoms with Crippen molar-refractivity contribution in [3.63, 3.8) is 0 Å². The fourth-order valence-corrected chi connectivity index (χ4v) is 2.35. The summed E-state index contributed by atoms with van der Waals surface area (Å²) >= 11 is 3.09. The normalized spacial score (nSPS) is 10.5. The van der Waals surface area contributed by atoms with Crippen molar-refractivity contribution in [2.45, 2.75) is 12.8 Å². The van der Waals surface area contributed by atoms with E-state index in [2.05, 4.69) is 31.8 Å². The van der Waals surface area contributed by atoms with Crippen LogP contribution in [0.25, 0.3) is 0 Å². The maximum atomic E-state index is 11.7. The lowest BCUT2D eigenvalue weighted by Crippen LogP contribution is -2.20. The van der Waals surface area contributed by atoms with Gasteiger partial charge in [-0.25, -0.2) is 5.43 Å². The van der Waals surface area contributed by atoms with Gasteiger partial charge in [-0.1, -0.05) is 24.3 Å². The fraction of sp³-hybridized carbons (Fsp3) is 0.118. The zero-order valence-electron chi connectivity index (χ0n) is 13.5. The summed E-state index contributed by atoms with van der Waals surface area (Å²) in [6, 6.07) is 13.4. The van der Waals surface area contributed by atoms with Crippen molar-refractivity contribution in [2.24, 2.45) is 5.10 Å². The zero-order chi connectivity index (χ0) is 18.9. The Hall–Kier alpha value is -3.07. The summed E-state index contributed by atoms with van der Waals surface area (Å²) in [5.74, 6) is -0.713. The molecule has 0 saturated carbocycles. The SMILES string of the molecule is O=C(CCC(=O)Nc1ccccc1)NN=Cc1ccc(Br)c([N+](=O)[O-])c1. The third-order valence-corrected chi connectivity index (χ3v) is 3.88. The highest BCUT2D eigenvalue weighted by Gasteiger charge is 2.11. The number of hydrogen-bond acceptors (Lipinski definition) is 5. The van der Waals surface area contributed by atoms with E-state index >= 15 is 0 Å². The molecule has 0 bridgehead atoms. The summed E-state index contributed by atoms with van der Waals surface area (Å²) in [6.07, 6.45) is 1.28. The molecule has 0 fully saturated rings. The summed E-state index contributed by atoms with van der Waals surface area (Å²) < 4.78 is 0.355. The van der Waals surface area contributed by atoms with Crippen molar-refractivity contribution in [1.82, 2.24) is 5.43 Å². The largest absolute Gasteiger partial charge is 0.326 e. The van der Waals surface area contributed by atoms with Crippen LogP contribution in [0.15, 0.2) is 58.1 Å². The number of nitro benzene ring substituents is 1. The van der Waals surface area contributed by atoms with E-state index in [0.717, 1.165) is 0 Å². The van der Waals surface area contributed by atoms with Crippen molar-refractivity contribution in [3.8, 4) is 0 Å². The third kappa shape index (κ3) is 6.10. The van der Waals surface area contributed by atoms with Crippen molar-refractivity contribution in [1.29, 1.82) is 0 Å². The number of benzene rings is 2. The number of amides is 2. The number of nitro groups is 1. The number of para-hydroxylation sites is 1. The van der Waals surface area contributed by atoms with Gasteiger partial charge in [0.05, 0.1) is 15.6 Å². The highest BCUT2D eigenvalue weighted by Crippen LogP contribution is 2.24. The molecule has 2 amide bonds. The van der Waals surface area contributed by atoms with Crippen LogP contribution in [0.5, 0.6) is 0 Å². The summed E-state index contributed by atoms with van der Waals surface area (Å²) in [6.45, 7) is 0. The van der Waals surface area contributed by atoms with Crippen LogP contribution in [0.4, 0.5) is 11.4 Å². The van der Waals surface area contributed by atoms with Gasteiger partial charge in [0, 0.05) is 30.2 Å². The zero-order valence-corrected chi connectivity index (χ0v) is 15.1. The van der Waals surface area contributed by atoms with Crippen LogP contribution in [0, 0.1) is 10.1 Å². The summed E-state index contributed by atoms with van der Waals surface area (Å²) in [5.41, 5.74) is 3.30. The van der Waals surface area contributed by atoms with E-state index in [1.54, 1.807) is 30.3 Å². The molecule has 0 aliphatic carbocycles. The van der Waals surface area contributed by atoms with Crippen molar-refractivity contribution in [3.05, 3.63) is 68.7 Å². The minimum Gasteiger partial charge on any atom is -0.326 e. The van der Waals surface area contributed by atoms with Crippen LogP contribution in [0.3, 0.4) is 0 Å². The van der Waals surface area contributed by atoms with E-state index < -0.39 is 10.8 Å². The molecular formula is C17H15BrN4O4. The van der Waals surface area contributed by atoms with E-state index in [0.29, 0.717) is 15.7 Å². The highest BCUT2D eigenvalue weighted by atomic mass is 79.9. The van der Waals surface area contributed by atoms with Gasteiger partial charge >= 0.3 is 0 Å². The second-order valence-electron chi connectivity index (χ2n) is 5.18. The van der Waals surface area contributed by atoms with E-state index in [1.165, 1.54) is 18.3 Å². The number of carbonyl (C=O) groups excluding carboxylic acids is 2. The first-order valence-corrected chi connectivity index (χ1v) is 8.36. The van der Waals surface area contributed by atoms with E-state index in [-0.39, 0.29) is 24.4 Å². The van der Waals surface area contributed by atoms with E-state index in [1.807, 2.05) is 6.07 Å². The molecule has 0 atom stereocenters. The summed E-state index contributed by atoms with van der Waals surface area (Å²) in [4.78, 5) is 33.8. The molecule has 0 aliphatic heterocycles. The number of carbonyl (C=O) groups is 2. The van der Waals surface area contributed by atoms with E-state index in [9.17, 15) is 19.7 Å². The Kier molecular flexibility index (Phi) is 6.98. The van der Waals surface area contributed by atoms with Crippen LogP contribution >= 0.6 is 15.9 Å². The number of hydrazone groups is 1. The van der Waals surface area contributed by atoms with Crippen LogP contribution in [0.2, 0.25) is 0 Å². The van der Waals surface area contributed by atoms with Crippen LogP contribution in [-0.4, -0.2) is 23.0 Å². The first-order chi connectivity index (χ1) is 12.5. The first-order valence-electron chi connectivity index (χ1n) is 7.56. The molecule has 0 radical (unpaired) electrons. The number of halogens is 1. The second-order valence-corrected chi connectivity index (χ2v) is 6.03. The molecule has 2 rings (SSSR count). The van der Waals surface area contributed by atoms with Gasteiger partial charge in [-0.15, -0.1) is 0 Å². The molecule has 2 aromatic carbocycles. The van der Waals surface area contributed by atoms with Gasteiger partial charge < -0.3 is 5.32 Å². The molecule has 0 aliphatic rings. The number of rotatable bonds is 7. The molecule has 8 nitrogen and oxygen atoms in total. The Labute approximate surface area is 157 Å². The lowest BCUT2D eigenvalue weighted by atomic mass is 10.2. The van der Waals surface area contributed by atoms with Gasteiger partial charge in [0.2, 0.25) is 11.8 Å². The van der Waals surface area contributed by atoms with Gasteiger partial charge in [0.15, 0.2) is 0 Å². The Balaban J connectivity index is 1.79. The number of nitrogens with one attached hydrogen (secondary N) is 2. The average molecular weight is 419 g/mol. The van der Waals surface area contributed by atoms with Gasteiger partial charge in [0.1, 0.15) is 0 Å². The van der Waals surface area contributed by atoms with Crippen molar-refractivity contribution >= 4 is 45.3 Å². The maximum Gasteiger partial charge on any atom is 0.284 e. The molecular weight excluding hydrogens is 404 g/mol. The molecule has 0 aromatic heterocycles. The van der Waals surface area contributed by atoms with Gasteiger partial charge in [-0.3, -0.25) is 19.7 Å². The average Bonchev–Trinajstić information content (AvgIpc) is 2.62. The minimum atomic E-state index is -0.522. The first kappa shape index (κ1) is 19.3. The molecule has 0 unspecified atom stereocenters. The number of anilines is 1. The maximum absolute atomic E-state index is 11.7. The molecule has 2 N–H and O–H groups in total. The summed E-state index contributed by atoms with van der Waals surface area (Å²) in [5, 5.41) is 17.3. The lowest BCUT2D eigenvalue weighted by molar-refractivity contribution is -0.385. The van der Waals surface area contributed by atoms with Crippen LogP contribution < -0.4 is 10.7 Å². The lowest BCUT2D eigenvalue weighted by Gasteiger charge is -2.04. The van der Waals surface area contributed by atoms with Gasteiger partial charge in [0.25, 0.3) is 5.69 Å². The highest BCUT2D eigenvalue weighted by molar-refractivity contribution is 9.10. The predicted octanol–water partition coefficient (Wildman–Crippen LogP) is 3.23. The number of nitrogens with zero attached hydrogens (tertiary/aromatic N) is 2. The van der Waals surface area contributed by atoms with Crippen LogP contribution in [-0.2, 0) is 9.59 Å². The smallest absolute Gasteiger partial charge is 0.284 e. The molecule has 134 valence electrons. The van der Waals surface area contributed by atoms with Crippen molar-refractivity contribution < 1.29 is 14.5 Å². The Morgan fingerprint density at radius 3 is 2.50 bits per heavy atom. The molecule has 9 heteroatoms. The molecule has 0 saturated heterocycles. The Morgan fingerprint density at radius 2 is 1.81 bits per heavy atom. The molecule has 26 heavy (non-hydrogen) atoms. The number of hydrogen-bond donors (Lipinski definition) is 2. The minimum absolute atomic E-state index is 0.0139. The van der Waals surface area contributed by atoms with Gasteiger partial charge in [-0.2, -0.15) is 5.10 Å². The molecule has 0 heterocycles. The Morgan fingerprint density at radius 1 is 1.12 bits per heavy atom. The van der Waals surface area contributed by atoms with E-state index in [4.69, 9.17) is 0 Å². The monoisotopic (exact) mass is 418 g/mol. The standard InChI is InChI=1S/C17H15BrN4O4/c18-14-7-6-12(10-15(14)22(25)26)11-19-21-17(24)9-8-16(23)20-13-4-2-1-3-5-13/h1-7,10-11H,8-9H2,(H,20,23)(H,21,24).